The van der Waals surface area contributed by atoms with Gasteiger partial charge in [-0.1, -0.05) is 23.7 Å². The van der Waals surface area contributed by atoms with Gasteiger partial charge in [-0.3, -0.25) is 4.79 Å². The van der Waals surface area contributed by atoms with Crippen molar-refractivity contribution in [2.45, 2.75) is 0 Å². The molecule has 0 aliphatic rings. The van der Waals surface area contributed by atoms with E-state index in [1.54, 1.807) is 30.3 Å². The number of carbonyl (C=O) groups is 1. The maximum absolute atomic E-state index is 10.9. The van der Waals surface area contributed by atoms with E-state index in [2.05, 4.69) is 4.98 Å². The molecule has 1 aromatic carbocycles. The molecule has 0 saturated heterocycles. The Labute approximate surface area is 97.9 Å². The molecule has 1 aromatic heterocycles. The first-order valence-corrected chi connectivity index (χ1v) is 5.06. The van der Waals surface area contributed by atoms with Crippen molar-refractivity contribution in [1.29, 1.82) is 0 Å². The zero-order valence-electron chi connectivity index (χ0n) is 8.35. The lowest BCUT2D eigenvalue weighted by Crippen LogP contribution is -1.96. The Balaban J connectivity index is 2.62. The second-order valence-corrected chi connectivity index (χ2v) is 3.74. The van der Waals surface area contributed by atoms with Gasteiger partial charge in [-0.2, -0.15) is 0 Å². The Bertz CT molecular complexity index is 540. The molecule has 1 heterocycles. The maximum atomic E-state index is 10.9. The predicted octanol–water partition coefficient (Wildman–Crippen LogP) is 2.80. The molecule has 0 amide bonds. The van der Waals surface area contributed by atoms with Crippen LogP contribution in [0, 0.1) is 0 Å². The Morgan fingerprint density at radius 3 is 2.75 bits per heavy atom. The van der Waals surface area contributed by atoms with Gasteiger partial charge in [-0.05, 0) is 24.3 Å². The molecule has 0 saturated carbocycles. The lowest BCUT2D eigenvalue weighted by atomic mass is 10.1. The summed E-state index contributed by atoms with van der Waals surface area (Å²) in [5.74, 6) is 0.376. The van der Waals surface area contributed by atoms with Gasteiger partial charge >= 0.3 is 0 Å². The molecule has 80 valence electrons. The van der Waals surface area contributed by atoms with E-state index in [-0.39, 0.29) is 0 Å². The number of nitrogen functional groups attached to an aromatic ring is 1. The third-order valence-corrected chi connectivity index (χ3v) is 2.41. The third kappa shape index (κ3) is 2.04. The van der Waals surface area contributed by atoms with E-state index in [0.29, 0.717) is 22.1 Å². The molecule has 0 fully saturated rings. The number of carbonyl (C=O) groups excluding carboxylic acids is 1. The quantitative estimate of drug-likeness (QED) is 0.810. The van der Waals surface area contributed by atoms with Crippen LogP contribution < -0.4 is 5.73 Å². The van der Waals surface area contributed by atoms with E-state index < -0.39 is 0 Å². The summed E-state index contributed by atoms with van der Waals surface area (Å²) in [4.78, 5) is 15.0. The number of nitrogens with zero attached hydrogens (tertiary/aromatic N) is 1. The summed E-state index contributed by atoms with van der Waals surface area (Å²) in [6, 6.07) is 10.4. The monoisotopic (exact) mass is 232 g/mol. The number of hydrogen-bond acceptors (Lipinski definition) is 3. The van der Waals surface area contributed by atoms with Crippen LogP contribution in [0.15, 0.2) is 36.4 Å². The van der Waals surface area contributed by atoms with Crippen molar-refractivity contribution in [2.75, 3.05) is 5.73 Å². The molecular formula is C12H9ClN2O. The summed E-state index contributed by atoms with van der Waals surface area (Å²) in [5, 5.41) is 0.596. The second kappa shape index (κ2) is 4.33. The second-order valence-electron chi connectivity index (χ2n) is 3.30. The number of hydrogen-bond donors (Lipinski definition) is 1. The summed E-state index contributed by atoms with van der Waals surface area (Å²) >= 11 is 5.88. The fourth-order valence-electron chi connectivity index (χ4n) is 1.45. The normalized spacial score (nSPS) is 10.1. The standard InChI is InChI=1S/C12H9ClN2O/c13-10-3-1-2-8(6-10)12-9(7-16)4-5-11(14)15-12/h1-7H,(H2,14,15). The number of rotatable bonds is 2. The lowest BCUT2D eigenvalue weighted by Gasteiger charge is -2.05. The van der Waals surface area contributed by atoms with Crippen molar-refractivity contribution in [1.82, 2.24) is 4.98 Å². The van der Waals surface area contributed by atoms with Crippen molar-refractivity contribution < 1.29 is 4.79 Å². The average molecular weight is 233 g/mol. The first-order chi connectivity index (χ1) is 7.70. The minimum atomic E-state index is 0.376. The number of benzene rings is 1. The van der Waals surface area contributed by atoms with Gasteiger partial charge in [0.15, 0.2) is 6.29 Å². The van der Waals surface area contributed by atoms with Crippen LogP contribution in [0.4, 0.5) is 5.82 Å². The first kappa shape index (κ1) is 10.6. The molecule has 0 bridgehead atoms. The topological polar surface area (TPSA) is 56.0 Å². The summed E-state index contributed by atoms with van der Waals surface area (Å²) < 4.78 is 0. The van der Waals surface area contributed by atoms with Gasteiger partial charge in [0.2, 0.25) is 0 Å². The Hall–Kier alpha value is -1.87. The smallest absolute Gasteiger partial charge is 0.152 e. The molecule has 2 N–H and O–H groups in total. The summed E-state index contributed by atoms with van der Waals surface area (Å²) in [6.07, 6.45) is 0.753. The van der Waals surface area contributed by atoms with Crippen LogP contribution in [0.1, 0.15) is 10.4 Å². The van der Waals surface area contributed by atoms with E-state index in [1.807, 2.05) is 6.07 Å². The minimum absolute atomic E-state index is 0.376. The highest BCUT2D eigenvalue weighted by atomic mass is 35.5. The van der Waals surface area contributed by atoms with Crippen LogP contribution in [0.25, 0.3) is 11.3 Å². The van der Waals surface area contributed by atoms with Crippen LogP contribution >= 0.6 is 11.6 Å². The van der Waals surface area contributed by atoms with Crippen LogP contribution in [0.3, 0.4) is 0 Å². The van der Waals surface area contributed by atoms with Gasteiger partial charge in [-0.25, -0.2) is 4.98 Å². The summed E-state index contributed by atoms with van der Waals surface area (Å²) in [5.41, 5.74) is 7.43. The highest BCUT2D eigenvalue weighted by molar-refractivity contribution is 6.30. The molecule has 0 unspecified atom stereocenters. The van der Waals surface area contributed by atoms with Crippen LogP contribution in [0.2, 0.25) is 5.02 Å². The molecule has 0 spiro atoms. The van der Waals surface area contributed by atoms with E-state index in [9.17, 15) is 4.79 Å². The number of anilines is 1. The molecule has 4 heteroatoms. The van der Waals surface area contributed by atoms with Gasteiger partial charge < -0.3 is 5.73 Å². The molecule has 2 aromatic rings. The van der Waals surface area contributed by atoms with Crippen molar-refractivity contribution >= 4 is 23.7 Å². The Morgan fingerprint density at radius 1 is 1.25 bits per heavy atom. The fraction of sp³-hybridized carbons (Fsp3) is 0. The van der Waals surface area contributed by atoms with E-state index in [1.165, 1.54) is 0 Å². The molecule has 2 rings (SSSR count). The summed E-state index contributed by atoms with van der Waals surface area (Å²) in [7, 11) is 0. The van der Waals surface area contributed by atoms with E-state index in [0.717, 1.165) is 11.8 Å². The van der Waals surface area contributed by atoms with Gasteiger partial charge in [0.05, 0.1) is 5.69 Å². The number of pyridine rings is 1. The van der Waals surface area contributed by atoms with Gasteiger partial charge in [0.1, 0.15) is 5.82 Å². The number of aromatic nitrogens is 1. The van der Waals surface area contributed by atoms with Crippen molar-refractivity contribution in [2.24, 2.45) is 0 Å². The third-order valence-electron chi connectivity index (χ3n) is 2.17. The SMILES string of the molecule is Nc1ccc(C=O)c(-c2cccc(Cl)c2)n1. The van der Waals surface area contributed by atoms with Crippen molar-refractivity contribution in [3.8, 4) is 11.3 Å². The highest BCUT2D eigenvalue weighted by Crippen LogP contribution is 2.24. The van der Waals surface area contributed by atoms with E-state index in [4.69, 9.17) is 17.3 Å². The summed E-state index contributed by atoms with van der Waals surface area (Å²) in [6.45, 7) is 0. The molecular weight excluding hydrogens is 224 g/mol. The Kier molecular flexibility index (Phi) is 2.88. The minimum Gasteiger partial charge on any atom is -0.384 e. The average Bonchev–Trinajstić information content (AvgIpc) is 2.29. The highest BCUT2D eigenvalue weighted by Gasteiger charge is 2.07. The molecule has 16 heavy (non-hydrogen) atoms. The number of nitrogens with two attached hydrogens (primary N) is 1. The predicted molar refractivity (Wildman–Crippen MR) is 64.5 cm³/mol. The van der Waals surface area contributed by atoms with Crippen LogP contribution in [-0.2, 0) is 0 Å². The van der Waals surface area contributed by atoms with Gasteiger partial charge in [-0.15, -0.1) is 0 Å². The molecule has 0 atom stereocenters. The van der Waals surface area contributed by atoms with Crippen LogP contribution in [-0.4, -0.2) is 11.3 Å². The first-order valence-electron chi connectivity index (χ1n) is 4.68. The number of aldehydes is 1. The largest absolute Gasteiger partial charge is 0.384 e. The number of halogens is 1. The van der Waals surface area contributed by atoms with Gasteiger partial charge in [0.25, 0.3) is 0 Å². The van der Waals surface area contributed by atoms with Crippen molar-refractivity contribution in [3.63, 3.8) is 0 Å². The van der Waals surface area contributed by atoms with Crippen LogP contribution in [0.5, 0.6) is 0 Å². The molecule has 0 aliphatic heterocycles. The zero-order valence-corrected chi connectivity index (χ0v) is 9.11. The molecule has 0 aliphatic carbocycles. The van der Waals surface area contributed by atoms with Crippen molar-refractivity contribution in [3.05, 3.63) is 47.0 Å². The van der Waals surface area contributed by atoms with Gasteiger partial charge in [0, 0.05) is 16.1 Å². The molecule has 0 radical (unpaired) electrons. The molecule has 3 nitrogen and oxygen atoms in total. The maximum Gasteiger partial charge on any atom is 0.152 e. The Morgan fingerprint density at radius 2 is 2.06 bits per heavy atom. The lowest BCUT2D eigenvalue weighted by molar-refractivity contribution is 0.112. The van der Waals surface area contributed by atoms with E-state index >= 15 is 0 Å². The zero-order chi connectivity index (χ0) is 11.5. The fourth-order valence-corrected chi connectivity index (χ4v) is 1.64.